The van der Waals surface area contributed by atoms with Gasteiger partial charge >= 0.3 is 0 Å². The van der Waals surface area contributed by atoms with Gasteiger partial charge in [0.1, 0.15) is 5.01 Å². The van der Waals surface area contributed by atoms with E-state index < -0.39 is 0 Å². The third-order valence-corrected chi connectivity index (χ3v) is 4.05. The SMILES string of the molecule is CCOCc1nc(C2(CN)CCC2)cs1. The summed E-state index contributed by atoms with van der Waals surface area (Å²) in [7, 11) is 0. The molecule has 1 aromatic rings. The highest BCUT2D eigenvalue weighted by atomic mass is 32.1. The van der Waals surface area contributed by atoms with Crippen molar-refractivity contribution in [2.24, 2.45) is 5.73 Å². The zero-order chi connectivity index (χ0) is 10.7. The summed E-state index contributed by atoms with van der Waals surface area (Å²) in [5.74, 6) is 0. The molecule has 4 heteroatoms. The number of nitrogens with zero attached hydrogens (tertiary/aromatic N) is 1. The zero-order valence-corrected chi connectivity index (χ0v) is 9.98. The predicted molar refractivity (Wildman–Crippen MR) is 62.0 cm³/mol. The molecular weight excluding hydrogens is 208 g/mol. The molecule has 0 amide bonds. The Balaban J connectivity index is 2.05. The van der Waals surface area contributed by atoms with Gasteiger partial charge in [0.05, 0.1) is 12.3 Å². The topological polar surface area (TPSA) is 48.1 Å². The molecule has 2 N–H and O–H groups in total. The van der Waals surface area contributed by atoms with E-state index in [1.54, 1.807) is 11.3 Å². The summed E-state index contributed by atoms with van der Waals surface area (Å²) in [4.78, 5) is 4.63. The highest BCUT2D eigenvalue weighted by Gasteiger charge is 2.39. The lowest BCUT2D eigenvalue weighted by Crippen LogP contribution is -2.41. The number of hydrogen-bond donors (Lipinski definition) is 1. The van der Waals surface area contributed by atoms with Crippen molar-refractivity contribution in [3.05, 3.63) is 16.1 Å². The second-order valence-electron chi connectivity index (χ2n) is 4.10. The maximum absolute atomic E-state index is 5.84. The lowest BCUT2D eigenvalue weighted by Gasteiger charge is -2.39. The number of hydrogen-bond acceptors (Lipinski definition) is 4. The van der Waals surface area contributed by atoms with Crippen LogP contribution < -0.4 is 5.73 Å². The molecular formula is C11H18N2OS. The minimum Gasteiger partial charge on any atom is -0.375 e. The molecule has 0 bridgehead atoms. The monoisotopic (exact) mass is 226 g/mol. The first-order chi connectivity index (χ1) is 7.30. The zero-order valence-electron chi connectivity index (χ0n) is 9.16. The van der Waals surface area contributed by atoms with Crippen molar-refractivity contribution >= 4 is 11.3 Å². The molecule has 0 aliphatic heterocycles. The van der Waals surface area contributed by atoms with E-state index in [0.717, 1.165) is 18.2 Å². The van der Waals surface area contributed by atoms with Gasteiger partial charge in [-0.3, -0.25) is 0 Å². The van der Waals surface area contributed by atoms with Gasteiger partial charge in [0.15, 0.2) is 0 Å². The standard InChI is InChI=1S/C11H18N2OS/c1-2-14-6-10-13-9(7-15-10)11(8-12)4-3-5-11/h7H,2-6,8,12H2,1H3. The van der Waals surface area contributed by atoms with Crippen LogP contribution in [0.15, 0.2) is 5.38 Å². The van der Waals surface area contributed by atoms with Crippen LogP contribution in [0.1, 0.15) is 36.9 Å². The Morgan fingerprint density at radius 2 is 2.40 bits per heavy atom. The maximum Gasteiger partial charge on any atom is 0.119 e. The molecule has 1 aliphatic carbocycles. The summed E-state index contributed by atoms with van der Waals surface area (Å²) >= 11 is 1.69. The van der Waals surface area contributed by atoms with E-state index in [4.69, 9.17) is 10.5 Å². The van der Waals surface area contributed by atoms with Crippen LogP contribution in [0.2, 0.25) is 0 Å². The van der Waals surface area contributed by atoms with Crippen LogP contribution in [-0.2, 0) is 16.8 Å². The highest BCUT2D eigenvalue weighted by Crippen LogP contribution is 2.42. The molecule has 2 rings (SSSR count). The maximum atomic E-state index is 5.84. The van der Waals surface area contributed by atoms with Gasteiger partial charge in [-0.25, -0.2) is 4.98 Å². The molecule has 1 fully saturated rings. The number of thiazole rings is 1. The van der Waals surface area contributed by atoms with Crippen molar-refractivity contribution in [3.8, 4) is 0 Å². The quantitative estimate of drug-likeness (QED) is 0.836. The molecule has 1 aromatic heterocycles. The Bertz CT molecular complexity index is 315. The van der Waals surface area contributed by atoms with Crippen molar-refractivity contribution < 1.29 is 4.74 Å². The highest BCUT2D eigenvalue weighted by molar-refractivity contribution is 7.09. The van der Waals surface area contributed by atoms with Crippen LogP contribution in [0, 0.1) is 0 Å². The average Bonchev–Trinajstić information content (AvgIpc) is 2.63. The Labute approximate surface area is 94.7 Å². The third-order valence-electron chi connectivity index (χ3n) is 3.23. The van der Waals surface area contributed by atoms with Gasteiger partial charge in [-0.15, -0.1) is 11.3 Å². The summed E-state index contributed by atoms with van der Waals surface area (Å²) in [6.07, 6.45) is 3.68. The fraction of sp³-hybridized carbons (Fsp3) is 0.727. The number of ether oxygens (including phenoxy) is 1. The minimum absolute atomic E-state index is 0.195. The summed E-state index contributed by atoms with van der Waals surface area (Å²) < 4.78 is 5.35. The first-order valence-electron chi connectivity index (χ1n) is 5.53. The molecule has 1 saturated carbocycles. The first-order valence-corrected chi connectivity index (χ1v) is 6.41. The number of rotatable bonds is 5. The van der Waals surface area contributed by atoms with Crippen molar-refractivity contribution in [2.75, 3.05) is 13.2 Å². The third kappa shape index (κ3) is 2.07. The molecule has 0 saturated heterocycles. The van der Waals surface area contributed by atoms with Crippen molar-refractivity contribution in [2.45, 2.75) is 38.2 Å². The predicted octanol–water partition coefficient (Wildman–Crippen LogP) is 2.06. The Kier molecular flexibility index (Phi) is 3.38. The fourth-order valence-corrected chi connectivity index (χ4v) is 2.83. The Hall–Kier alpha value is -0.450. The summed E-state index contributed by atoms with van der Waals surface area (Å²) in [6, 6.07) is 0. The van der Waals surface area contributed by atoms with Crippen LogP contribution >= 0.6 is 11.3 Å². The van der Waals surface area contributed by atoms with Crippen molar-refractivity contribution in [1.82, 2.24) is 4.98 Å². The lowest BCUT2D eigenvalue weighted by atomic mass is 9.67. The molecule has 0 aromatic carbocycles. The molecule has 0 radical (unpaired) electrons. The van der Waals surface area contributed by atoms with Gasteiger partial charge in [0.2, 0.25) is 0 Å². The molecule has 84 valence electrons. The van der Waals surface area contributed by atoms with Gasteiger partial charge in [0.25, 0.3) is 0 Å². The van der Waals surface area contributed by atoms with Crippen molar-refractivity contribution in [1.29, 1.82) is 0 Å². The van der Waals surface area contributed by atoms with E-state index in [2.05, 4.69) is 10.4 Å². The van der Waals surface area contributed by atoms with Crippen LogP contribution in [0.25, 0.3) is 0 Å². The van der Waals surface area contributed by atoms with Crippen LogP contribution in [-0.4, -0.2) is 18.1 Å². The normalized spacial score (nSPS) is 18.8. The molecule has 0 atom stereocenters. The summed E-state index contributed by atoms with van der Waals surface area (Å²) in [6.45, 7) is 4.12. The number of aromatic nitrogens is 1. The van der Waals surface area contributed by atoms with E-state index in [1.807, 2.05) is 6.92 Å². The number of nitrogens with two attached hydrogens (primary N) is 1. The Morgan fingerprint density at radius 3 is 2.93 bits per heavy atom. The van der Waals surface area contributed by atoms with E-state index in [1.165, 1.54) is 25.0 Å². The first kappa shape index (κ1) is 11.0. The van der Waals surface area contributed by atoms with Gasteiger partial charge in [0, 0.05) is 23.9 Å². The van der Waals surface area contributed by atoms with Crippen LogP contribution in [0.4, 0.5) is 0 Å². The summed E-state index contributed by atoms with van der Waals surface area (Å²) in [5, 5.41) is 3.23. The van der Waals surface area contributed by atoms with E-state index >= 15 is 0 Å². The molecule has 0 spiro atoms. The second kappa shape index (κ2) is 4.60. The Morgan fingerprint density at radius 1 is 1.60 bits per heavy atom. The summed E-state index contributed by atoms with van der Waals surface area (Å²) in [5.41, 5.74) is 7.23. The molecule has 0 unspecified atom stereocenters. The largest absolute Gasteiger partial charge is 0.375 e. The average molecular weight is 226 g/mol. The van der Waals surface area contributed by atoms with Crippen LogP contribution in [0.3, 0.4) is 0 Å². The molecule has 3 nitrogen and oxygen atoms in total. The smallest absolute Gasteiger partial charge is 0.119 e. The van der Waals surface area contributed by atoms with E-state index in [9.17, 15) is 0 Å². The molecule has 1 aliphatic rings. The minimum atomic E-state index is 0.195. The van der Waals surface area contributed by atoms with E-state index in [-0.39, 0.29) is 5.41 Å². The van der Waals surface area contributed by atoms with E-state index in [0.29, 0.717) is 6.61 Å². The fourth-order valence-electron chi connectivity index (χ4n) is 1.98. The van der Waals surface area contributed by atoms with Gasteiger partial charge in [-0.05, 0) is 19.8 Å². The lowest BCUT2D eigenvalue weighted by molar-refractivity contribution is 0.133. The molecule has 15 heavy (non-hydrogen) atoms. The van der Waals surface area contributed by atoms with Gasteiger partial charge in [-0.2, -0.15) is 0 Å². The van der Waals surface area contributed by atoms with Crippen LogP contribution in [0.5, 0.6) is 0 Å². The van der Waals surface area contributed by atoms with Gasteiger partial charge in [-0.1, -0.05) is 6.42 Å². The molecule has 1 heterocycles. The van der Waals surface area contributed by atoms with Crippen molar-refractivity contribution in [3.63, 3.8) is 0 Å². The van der Waals surface area contributed by atoms with Gasteiger partial charge < -0.3 is 10.5 Å². The second-order valence-corrected chi connectivity index (χ2v) is 5.04.